The molecule has 0 amide bonds. The van der Waals surface area contributed by atoms with E-state index in [1.807, 2.05) is 0 Å². The molecule has 0 spiro atoms. The quantitative estimate of drug-likeness (QED) is 0.851. The molecule has 18 heavy (non-hydrogen) atoms. The summed E-state index contributed by atoms with van der Waals surface area (Å²) in [6.07, 6.45) is -4.87. The van der Waals surface area contributed by atoms with Crippen LogP contribution in [0.2, 0.25) is 0 Å². The predicted molar refractivity (Wildman–Crippen MR) is 55.0 cm³/mol. The van der Waals surface area contributed by atoms with Gasteiger partial charge in [0.2, 0.25) is 0 Å². The Morgan fingerprint density at radius 3 is 2.50 bits per heavy atom. The van der Waals surface area contributed by atoms with Crippen LogP contribution in [0, 0.1) is 5.82 Å². The van der Waals surface area contributed by atoms with Crippen molar-refractivity contribution >= 4 is 0 Å². The molecular weight excluding hydrogens is 257 g/mol. The molecule has 0 aliphatic heterocycles. The molecule has 7 heteroatoms. The summed E-state index contributed by atoms with van der Waals surface area (Å²) in [4.78, 5) is 0. The molecule has 2 N–H and O–H groups in total. The van der Waals surface area contributed by atoms with Crippen molar-refractivity contribution in [3.8, 4) is 5.75 Å². The number of alkyl halides is 3. The second kappa shape index (κ2) is 5.81. The average molecular weight is 267 g/mol. The van der Waals surface area contributed by atoms with E-state index < -0.39 is 17.9 Å². The van der Waals surface area contributed by atoms with Gasteiger partial charge in [0.15, 0.2) is 0 Å². The standard InChI is InChI=1S/C11H10F5NO/c12-5-7(6-17)3-8-4-9(1-2-10(8)13)18-11(14,15)16/h1-2,4-5H,3,6,17H2/b7-5+. The van der Waals surface area contributed by atoms with Crippen LogP contribution in [-0.4, -0.2) is 12.9 Å². The second-order valence-corrected chi connectivity index (χ2v) is 3.45. The summed E-state index contributed by atoms with van der Waals surface area (Å²) in [5.74, 6) is -1.31. The van der Waals surface area contributed by atoms with Crippen molar-refractivity contribution in [3.63, 3.8) is 0 Å². The van der Waals surface area contributed by atoms with Crippen molar-refractivity contribution in [2.75, 3.05) is 6.54 Å². The highest BCUT2D eigenvalue weighted by Crippen LogP contribution is 2.25. The Hall–Kier alpha value is -1.63. The number of nitrogens with two attached hydrogens (primary N) is 1. The second-order valence-electron chi connectivity index (χ2n) is 3.45. The topological polar surface area (TPSA) is 35.2 Å². The molecule has 0 unspecified atom stereocenters. The van der Waals surface area contributed by atoms with E-state index >= 15 is 0 Å². The first-order valence-electron chi connectivity index (χ1n) is 4.88. The van der Waals surface area contributed by atoms with Gasteiger partial charge < -0.3 is 10.5 Å². The van der Waals surface area contributed by atoms with E-state index in [9.17, 15) is 22.0 Å². The lowest BCUT2D eigenvalue weighted by atomic mass is 10.1. The van der Waals surface area contributed by atoms with E-state index in [1.165, 1.54) is 0 Å². The summed E-state index contributed by atoms with van der Waals surface area (Å²) in [7, 11) is 0. The normalized spacial score (nSPS) is 12.7. The Balaban J connectivity index is 2.94. The molecule has 0 aliphatic rings. The number of hydrogen-bond donors (Lipinski definition) is 1. The molecule has 0 atom stereocenters. The molecule has 100 valence electrons. The van der Waals surface area contributed by atoms with Crippen LogP contribution in [-0.2, 0) is 6.42 Å². The Morgan fingerprint density at radius 1 is 1.33 bits per heavy atom. The number of ether oxygens (including phenoxy) is 1. The lowest BCUT2D eigenvalue weighted by Gasteiger charge is -2.11. The predicted octanol–water partition coefficient (Wildman–Crippen LogP) is 3.08. The average Bonchev–Trinajstić information content (AvgIpc) is 2.28. The molecule has 0 aliphatic carbocycles. The number of benzene rings is 1. The molecule has 0 radical (unpaired) electrons. The van der Waals surface area contributed by atoms with Crippen LogP contribution in [0.3, 0.4) is 0 Å². The zero-order valence-corrected chi connectivity index (χ0v) is 9.10. The van der Waals surface area contributed by atoms with Gasteiger partial charge in [-0.2, -0.15) is 0 Å². The van der Waals surface area contributed by atoms with Gasteiger partial charge in [0.05, 0.1) is 6.33 Å². The molecule has 0 fully saturated rings. The summed E-state index contributed by atoms with van der Waals surface area (Å²) in [6, 6.07) is 2.53. The van der Waals surface area contributed by atoms with Crippen molar-refractivity contribution < 1.29 is 26.7 Å². The fourth-order valence-electron chi connectivity index (χ4n) is 1.28. The van der Waals surface area contributed by atoms with Gasteiger partial charge in [-0.3, -0.25) is 0 Å². The SMILES string of the molecule is NC/C(=C/F)Cc1cc(OC(F)(F)F)ccc1F. The maximum Gasteiger partial charge on any atom is 0.573 e. The van der Waals surface area contributed by atoms with Crippen LogP contribution >= 0.6 is 0 Å². The molecule has 0 saturated heterocycles. The van der Waals surface area contributed by atoms with Gasteiger partial charge in [-0.25, -0.2) is 8.78 Å². The van der Waals surface area contributed by atoms with Gasteiger partial charge in [0, 0.05) is 13.0 Å². The molecule has 0 saturated carbocycles. The first-order valence-corrected chi connectivity index (χ1v) is 4.88. The number of hydrogen-bond acceptors (Lipinski definition) is 2. The molecular formula is C11H10F5NO. The van der Waals surface area contributed by atoms with Crippen molar-refractivity contribution in [1.29, 1.82) is 0 Å². The van der Waals surface area contributed by atoms with Crippen LogP contribution in [0.1, 0.15) is 5.56 Å². The highest BCUT2D eigenvalue weighted by molar-refractivity contribution is 5.32. The summed E-state index contributed by atoms with van der Waals surface area (Å²) in [5, 5.41) is 0. The summed E-state index contributed by atoms with van der Waals surface area (Å²) in [6.45, 7) is -0.152. The Morgan fingerprint density at radius 2 is 2.00 bits per heavy atom. The van der Waals surface area contributed by atoms with Gasteiger partial charge in [0.1, 0.15) is 11.6 Å². The minimum Gasteiger partial charge on any atom is -0.406 e. The van der Waals surface area contributed by atoms with E-state index in [2.05, 4.69) is 4.74 Å². The van der Waals surface area contributed by atoms with Crippen molar-refractivity contribution in [2.45, 2.75) is 12.8 Å². The third-order valence-corrected chi connectivity index (χ3v) is 2.08. The summed E-state index contributed by atoms with van der Waals surface area (Å²) < 4.78 is 65.1. The van der Waals surface area contributed by atoms with Crippen LogP contribution in [0.5, 0.6) is 5.75 Å². The van der Waals surface area contributed by atoms with Gasteiger partial charge in [0.25, 0.3) is 0 Å². The molecule has 2 nitrogen and oxygen atoms in total. The third kappa shape index (κ3) is 4.33. The van der Waals surface area contributed by atoms with Crippen molar-refractivity contribution in [1.82, 2.24) is 0 Å². The van der Waals surface area contributed by atoms with Crippen LogP contribution in [0.4, 0.5) is 22.0 Å². The van der Waals surface area contributed by atoms with Gasteiger partial charge in [-0.15, -0.1) is 13.2 Å². The van der Waals surface area contributed by atoms with E-state index in [0.29, 0.717) is 0 Å². The highest BCUT2D eigenvalue weighted by Gasteiger charge is 2.31. The fourth-order valence-corrected chi connectivity index (χ4v) is 1.28. The zero-order valence-electron chi connectivity index (χ0n) is 9.10. The van der Waals surface area contributed by atoms with E-state index in [-0.39, 0.29) is 30.4 Å². The Bertz CT molecular complexity index is 442. The zero-order chi connectivity index (χ0) is 13.8. The van der Waals surface area contributed by atoms with Crippen molar-refractivity contribution in [2.24, 2.45) is 5.73 Å². The van der Waals surface area contributed by atoms with Gasteiger partial charge in [-0.1, -0.05) is 0 Å². The molecule has 0 bridgehead atoms. The van der Waals surface area contributed by atoms with E-state index in [1.54, 1.807) is 0 Å². The van der Waals surface area contributed by atoms with Gasteiger partial charge >= 0.3 is 6.36 Å². The first-order chi connectivity index (χ1) is 8.35. The minimum absolute atomic E-state index is 0.0676. The van der Waals surface area contributed by atoms with E-state index in [4.69, 9.17) is 5.73 Å². The molecule has 0 aromatic heterocycles. The lowest BCUT2D eigenvalue weighted by Crippen LogP contribution is -2.17. The third-order valence-electron chi connectivity index (χ3n) is 2.08. The van der Waals surface area contributed by atoms with Gasteiger partial charge in [-0.05, 0) is 29.3 Å². The summed E-state index contributed by atoms with van der Waals surface area (Å²) >= 11 is 0. The molecule has 1 rings (SSSR count). The maximum atomic E-state index is 13.3. The van der Waals surface area contributed by atoms with Crippen LogP contribution in [0.15, 0.2) is 30.1 Å². The minimum atomic E-state index is -4.86. The lowest BCUT2D eigenvalue weighted by molar-refractivity contribution is -0.274. The fraction of sp³-hybridized carbons (Fsp3) is 0.273. The maximum absolute atomic E-state index is 13.3. The monoisotopic (exact) mass is 267 g/mol. The number of rotatable bonds is 4. The molecule has 0 heterocycles. The Kier molecular flexibility index (Phi) is 4.66. The first kappa shape index (κ1) is 14.4. The van der Waals surface area contributed by atoms with E-state index in [0.717, 1.165) is 18.2 Å². The number of halogens is 5. The highest BCUT2D eigenvalue weighted by atomic mass is 19.4. The van der Waals surface area contributed by atoms with Crippen LogP contribution in [0.25, 0.3) is 0 Å². The Labute approximate surface area is 99.8 Å². The van der Waals surface area contributed by atoms with Crippen molar-refractivity contribution in [3.05, 3.63) is 41.5 Å². The molecule has 1 aromatic carbocycles. The largest absolute Gasteiger partial charge is 0.573 e. The molecule has 1 aromatic rings. The smallest absolute Gasteiger partial charge is 0.406 e. The summed E-state index contributed by atoms with van der Waals surface area (Å²) in [5.41, 5.74) is 5.13. The van der Waals surface area contributed by atoms with Crippen LogP contribution < -0.4 is 10.5 Å².